The third-order valence-corrected chi connectivity index (χ3v) is 4.87. The summed E-state index contributed by atoms with van der Waals surface area (Å²) in [6.07, 6.45) is 3.14. The fourth-order valence-corrected chi connectivity index (χ4v) is 3.83. The third kappa shape index (κ3) is 1.47. The van der Waals surface area contributed by atoms with E-state index in [4.69, 9.17) is 0 Å². The van der Waals surface area contributed by atoms with Crippen molar-refractivity contribution < 1.29 is 12.9 Å². The van der Waals surface area contributed by atoms with Crippen LogP contribution < -0.4 is 0 Å². The largest absolute Gasteiger partial charge is 0.484 e. The van der Waals surface area contributed by atoms with Crippen LogP contribution in [0.25, 0.3) is 0 Å². The van der Waals surface area contributed by atoms with Crippen LogP contribution >= 0.6 is 0 Å². The highest BCUT2D eigenvalue weighted by molar-refractivity contribution is 6.63. The van der Waals surface area contributed by atoms with Crippen molar-refractivity contribution in [2.75, 3.05) is 0 Å². The van der Waals surface area contributed by atoms with Gasteiger partial charge >= 0.3 is 6.98 Å². The lowest BCUT2D eigenvalue weighted by Crippen LogP contribution is -2.67. The molecule has 0 nitrogen and oxygen atoms in total. The fourth-order valence-electron chi connectivity index (χ4n) is 3.83. The van der Waals surface area contributed by atoms with Gasteiger partial charge in [0, 0.05) is 0 Å². The molecule has 0 atom stereocenters. The van der Waals surface area contributed by atoms with Crippen LogP contribution in [0, 0.1) is 0 Å². The molecule has 0 aromatic heterocycles. The van der Waals surface area contributed by atoms with Gasteiger partial charge in [-0.1, -0.05) is 62.2 Å². The number of hydrogen-bond donors (Lipinski definition) is 0. The molecule has 0 aliphatic heterocycles. The average Bonchev–Trinajstić information content (AvgIpc) is 2.14. The van der Waals surface area contributed by atoms with Gasteiger partial charge in [0.25, 0.3) is 0 Å². The van der Waals surface area contributed by atoms with Crippen molar-refractivity contribution in [1.82, 2.24) is 0 Å². The highest BCUT2D eigenvalue weighted by Gasteiger charge is 2.74. The number of rotatable bonds is 4. The van der Waals surface area contributed by atoms with Crippen LogP contribution in [0.3, 0.4) is 0 Å². The molecule has 0 radical (unpaired) electrons. The topological polar surface area (TPSA) is 0 Å². The molecule has 3 fully saturated rings. The normalized spacial score (nSPS) is 33.8. The molecule has 0 saturated heterocycles. The molecule has 18 heavy (non-hydrogen) atoms. The first kappa shape index (κ1) is 12.1. The first-order valence-electron chi connectivity index (χ1n) is 6.70. The van der Waals surface area contributed by atoms with Crippen LogP contribution in [0.4, 0.5) is 12.9 Å². The number of aryl methyl sites for hydroxylation is 1. The molecule has 4 heteroatoms. The van der Waals surface area contributed by atoms with Crippen LogP contribution in [0.5, 0.6) is 0 Å². The molecule has 0 unspecified atom stereocenters. The zero-order valence-electron chi connectivity index (χ0n) is 10.6. The van der Waals surface area contributed by atoms with Crippen LogP contribution in [-0.2, 0) is 11.8 Å². The second-order valence-corrected chi connectivity index (χ2v) is 6.19. The van der Waals surface area contributed by atoms with Crippen LogP contribution in [-0.4, -0.2) is 6.98 Å². The minimum absolute atomic E-state index is 0.137. The van der Waals surface area contributed by atoms with Crippen LogP contribution in [0.1, 0.15) is 43.7 Å². The molecule has 3 aliphatic rings. The van der Waals surface area contributed by atoms with Gasteiger partial charge in [-0.2, -0.15) is 0 Å². The summed E-state index contributed by atoms with van der Waals surface area (Å²) in [6, 6.07) is 8.23. The van der Waals surface area contributed by atoms with Gasteiger partial charge in [0.2, 0.25) is 0 Å². The third-order valence-electron chi connectivity index (χ3n) is 4.87. The second-order valence-electron chi connectivity index (χ2n) is 6.19. The molecule has 1 aromatic rings. The van der Waals surface area contributed by atoms with E-state index in [0.29, 0.717) is 19.3 Å². The minimum atomic E-state index is -4.65. The molecule has 1 aromatic carbocycles. The molecule has 4 rings (SSSR count). The van der Waals surface area contributed by atoms with Crippen molar-refractivity contribution in [2.45, 2.75) is 49.8 Å². The van der Waals surface area contributed by atoms with Gasteiger partial charge < -0.3 is 12.9 Å². The predicted octanol–water partition coefficient (Wildman–Crippen LogP) is 4.66. The van der Waals surface area contributed by atoms with Crippen LogP contribution in [0.15, 0.2) is 24.3 Å². The average molecular weight is 253 g/mol. The van der Waals surface area contributed by atoms with Gasteiger partial charge in [-0.3, -0.25) is 0 Å². The van der Waals surface area contributed by atoms with E-state index in [1.807, 2.05) is 12.1 Å². The summed E-state index contributed by atoms with van der Waals surface area (Å²) in [7, 11) is 0. The Morgan fingerprint density at radius 1 is 1.06 bits per heavy atom. The molecular formula is C14H17BF3-. The molecular weight excluding hydrogens is 236 g/mol. The Kier molecular flexibility index (Phi) is 2.39. The van der Waals surface area contributed by atoms with Crippen molar-refractivity contribution in [2.24, 2.45) is 0 Å². The molecule has 98 valence electrons. The summed E-state index contributed by atoms with van der Waals surface area (Å²) in [6.45, 7) is -2.52. The van der Waals surface area contributed by atoms with Crippen LogP contribution in [0.2, 0.25) is 5.31 Å². The maximum atomic E-state index is 12.8. The summed E-state index contributed by atoms with van der Waals surface area (Å²) < 4.78 is 38.5. The SMILES string of the molecule is CCCc1ccc(C23CC([B-](F)(F)F)(C2)C3)cc1. The molecule has 0 spiro atoms. The Balaban J connectivity index is 1.73. The highest BCUT2D eigenvalue weighted by Crippen LogP contribution is 2.82. The Hall–Kier alpha value is -0.925. The maximum absolute atomic E-state index is 12.8. The van der Waals surface area contributed by atoms with Gasteiger partial charge in [-0.25, -0.2) is 0 Å². The van der Waals surface area contributed by atoms with E-state index in [-0.39, 0.29) is 5.41 Å². The van der Waals surface area contributed by atoms with Gasteiger partial charge in [-0.15, -0.1) is 0 Å². The van der Waals surface area contributed by atoms with Crippen molar-refractivity contribution in [1.29, 1.82) is 0 Å². The van der Waals surface area contributed by atoms with Crippen molar-refractivity contribution >= 4 is 6.98 Å². The quantitative estimate of drug-likeness (QED) is 0.684. The number of hydrogen-bond acceptors (Lipinski definition) is 0. The molecule has 2 bridgehead atoms. The van der Waals surface area contributed by atoms with E-state index in [1.165, 1.54) is 5.56 Å². The summed E-state index contributed by atoms with van der Waals surface area (Å²) >= 11 is 0. The fraction of sp³-hybridized carbons (Fsp3) is 0.571. The Bertz CT molecular complexity index is 441. The minimum Gasteiger partial charge on any atom is -0.449 e. The van der Waals surface area contributed by atoms with E-state index in [1.54, 1.807) is 0 Å². The lowest BCUT2D eigenvalue weighted by molar-refractivity contribution is -0.0400. The van der Waals surface area contributed by atoms with Gasteiger partial charge in [0.15, 0.2) is 0 Å². The van der Waals surface area contributed by atoms with Crippen molar-refractivity contribution in [3.8, 4) is 0 Å². The zero-order valence-corrected chi connectivity index (χ0v) is 10.6. The molecule has 0 heterocycles. The Labute approximate surface area is 106 Å². The Morgan fingerprint density at radius 3 is 2.06 bits per heavy atom. The smallest absolute Gasteiger partial charge is 0.449 e. The highest BCUT2D eigenvalue weighted by atomic mass is 19.4. The van der Waals surface area contributed by atoms with Crippen molar-refractivity contribution in [3.05, 3.63) is 35.4 Å². The van der Waals surface area contributed by atoms with Crippen molar-refractivity contribution in [3.63, 3.8) is 0 Å². The zero-order chi connectivity index (χ0) is 13.0. The van der Waals surface area contributed by atoms with Gasteiger partial charge in [0.05, 0.1) is 0 Å². The molecule has 3 aliphatic carbocycles. The Morgan fingerprint density at radius 2 is 1.61 bits per heavy atom. The van der Waals surface area contributed by atoms with E-state index in [9.17, 15) is 12.9 Å². The van der Waals surface area contributed by atoms with E-state index in [2.05, 4.69) is 19.1 Å². The monoisotopic (exact) mass is 253 g/mol. The maximum Gasteiger partial charge on any atom is 0.484 e. The summed E-state index contributed by atoms with van der Waals surface area (Å²) in [5, 5.41) is -1.28. The molecule has 0 amide bonds. The molecule has 3 saturated carbocycles. The summed E-state index contributed by atoms with van der Waals surface area (Å²) in [5.41, 5.74) is 2.26. The first-order chi connectivity index (χ1) is 8.41. The standard InChI is InChI=1S/C14H17BF3/c1-2-3-11-4-6-12(7-5-11)13-8-14(9-13,10-13)15(16,17)18/h4-7H,2-3,8-10H2,1H3/q-1. The lowest BCUT2D eigenvalue weighted by Gasteiger charge is -2.75. The summed E-state index contributed by atoms with van der Waals surface area (Å²) in [5.74, 6) is 0. The summed E-state index contributed by atoms with van der Waals surface area (Å²) in [4.78, 5) is 0. The lowest BCUT2D eigenvalue weighted by atomic mass is 9.23. The van der Waals surface area contributed by atoms with E-state index in [0.717, 1.165) is 18.4 Å². The van der Waals surface area contributed by atoms with Gasteiger partial charge in [0.1, 0.15) is 0 Å². The second kappa shape index (κ2) is 3.55. The van der Waals surface area contributed by atoms with E-state index < -0.39 is 12.3 Å². The molecule has 0 N–H and O–H groups in total. The predicted molar refractivity (Wildman–Crippen MR) is 67.7 cm³/mol. The van der Waals surface area contributed by atoms with Gasteiger partial charge in [-0.05, 0) is 23.0 Å². The number of benzene rings is 1. The van der Waals surface area contributed by atoms with E-state index >= 15 is 0 Å². The first-order valence-corrected chi connectivity index (χ1v) is 6.70. The number of halogens is 3.